The molecular weight excluding hydrogens is 330 g/mol. The fourth-order valence-corrected chi connectivity index (χ4v) is 2.30. The molecule has 2 rings (SSSR count). The van der Waals surface area contributed by atoms with Crippen molar-refractivity contribution in [3.63, 3.8) is 0 Å². The molecule has 0 aliphatic carbocycles. The first kappa shape index (κ1) is 19.5. The average molecular weight is 355 g/mol. The Hall–Kier alpha value is -2.82. The first-order valence-corrected chi connectivity index (χ1v) is 8.69. The Kier molecular flexibility index (Phi) is 7.21. The minimum Gasteiger partial charge on any atom is -0.482 e. The van der Waals surface area contributed by atoms with Crippen LogP contribution in [-0.4, -0.2) is 24.6 Å². The molecule has 0 saturated carbocycles. The van der Waals surface area contributed by atoms with Crippen LogP contribution in [0, 0.1) is 0 Å². The fraction of sp³-hybridized carbons (Fsp3) is 0.333. The van der Waals surface area contributed by atoms with E-state index in [4.69, 9.17) is 9.47 Å². The molecule has 0 bridgehead atoms. The summed E-state index contributed by atoms with van der Waals surface area (Å²) in [6.07, 6.45) is -0.877. The summed E-state index contributed by atoms with van der Waals surface area (Å²) < 4.78 is 10.5. The van der Waals surface area contributed by atoms with Gasteiger partial charge in [-0.1, -0.05) is 56.3 Å². The van der Waals surface area contributed by atoms with Gasteiger partial charge in [-0.15, -0.1) is 0 Å². The number of esters is 1. The largest absolute Gasteiger partial charge is 0.482 e. The lowest BCUT2D eigenvalue weighted by molar-refractivity contribution is -0.156. The molecule has 0 aliphatic heterocycles. The summed E-state index contributed by atoms with van der Waals surface area (Å²) in [5.41, 5.74) is 2.18. The molecule has 0 saturated heterocycles. The number of amides is 1. The van der Waals surface area contributed by atoms with Crippen LogP contribution in [0.15, 0.2) is 54.6 Å². The van der Waals surface area contributed by atoms with Gasteiger partial charge in [-0.05, 0) is 36.1 Å². The molecule has 1 amide bonds. The Morgan fingerprint density at radius 1 is 0.962 bits per heavy atom. The van der Waals surface area contributed by atoms with Gasteiger partial charge in [0.25, 0.3) is 5.91 Å². The predicted molar refractivity (Wildman–Crippen MR) is 99.9 cm³/mol. The number of hydrogen-bond donors (Lipinski definition) is 1. The van der Waals surface area contributed by atoms with Crippen LogP contribution in [0.2, 0.25) is 0 Å². The smallest absolute Gasteiger partial charge is 0.344 e. The number of rotatable bonds is 8. The van der Waals surface area contributed by atoms with E-state index < -0.39 is 12.1 Å². The summed E-state index contributed by atoms with van der Waals surface area (Å²) in [4.78, 5) is 23.9. The summed E-state index contributed by atoms with van der Waals surface area (Å²) >= 11 is 0. The molecule has 0 aliphatic rings. The Balaban J connectivity index is 1.73. The lowest BCUT2D eigenvalue weighted by Gasteiger charge is -2.14. The molecule has 0 aromatic heterocycles. The van der Waals surface area contributed by atoms with Crippen molar-refractivity contribution in [2.24, 2.45) is 0 Å². The molecule has 138 valence electrons. The third-order valence-corrected chi connectivity index (χ3v) is 3.89. The van der Waals surface area contributed by atoms with Gasteiger partial charge >= 0.3 is 5.97 Å². The Bertz CT molecular complexity index is 711. The van der Waals surface area contributed by atoms with Crippen LogP contribution in [0.5, 0.6) is 5.75 Å². The van der Waals surface area contributed by atoms with Crippen LogP contribution < -0.4 is 10.1 Å². The van der Waals surface area contributed by atoms with Gasteiger partial charge in [0.05, 0.1) is 0 Å². The van der Waals surface area contributed by atoms with E-state index in [-0.39, 0.29) is 12.5 Å². The number of ether oxygens (including phenoxy) is 2. The second-order valence-corrected chi connectivity index (χ2v) is 6.35. The molecule has 0 radical (unpaired) electrons. The van der Waals surface area contributed by atoms with E-state index >= 15 is 0 Å². The summed E-state index contributed by atoms with van der Waals surface area (Å²) in [5, 5.41) is 2.74. The van der Waals surface area contributed by atoms with Gasteiger partial charge in [0.15, 0.2) is 12.7 Å². The highest BCUT2D eigenvalue weighted by Crippen LogP contribution is 2.18. The summed E-state index contributed by atoms with van der Waals surface area (Å²) in [5.74, 6) is 0.0978. The molecule has 26 heavy (non-hydrogen) atoms. The van der Waals surface area contributed by atoms with Crippen molar-refractivity contribution >= 4 is 11.9 Å². The molecule has 2 aromatic rings. The van der Waals surface area contributed by atoms with Crippen LogP contribution in [0.3, 0.4) is 0 Å². The lowest BCUT2D eigenvalue weighted by Crippen LogP contribution is -2.36. The van der Waals surface area contributed by atoms with Gasteiger partial charge < -0.3 is 14.8 Å². The van der Waals surface area contributed by atoms with Gasteiger partial charge in [0.1, 0.15) is 5.75 Å². The Morgan fingerprint density at radius 2 is 1.62 bits per heavy atom. The molecule has 1 N–H and O–H groups in total. The van der Waals surface area contributed by atoms with Gasteiger partial charge in [-0.25, -0.2) is 4.79 Å². The van der Waals surface area contributed by atoms with Crippen LogP contribution in [0.4, 0.5) is 0 Å². The second-order valence-electron chi connectivity index (χ2n) is 6.35. The van der Waals surface area contributed by atoms with Crippen molar-refractivity contribution < 1.29 is 19.1 Å². The van der Waals surface area contributed by atoms with Crippen molar-refractivity contribution in [2.45, 2.75) is 39.3 Å². The van der Waals surface area contributed by atoms with E-state index in [1.165, 1.54) is 12.5 Å². The normalized spacial score (nSPS) is 11.7. The molecule has 5 heteroatoms. The number of nitrogens with one attached hydrogen (secondary N) is 1. The third-order valence-electron chi connectivity index (χ3n) is 3.89. The first-order valence-electron chi connectivity index (χ1n) is 8.69. The van der Waals surface area contributed by atoms with Crippen LogP contribution in [0.1, 0.15) is 37.8 Å². The number of carbonyl (C=O) groups excluding carboxylic acids is 2. The van der Waals surface area contributed by atoms with E-state index in [0.29, 0.717) is 18.2 Å². The van der Waals surface area contributed by atoms with Crippen molar-refractivity contribution in [3.05, 3.63) is 65.7 Å². The summed E-state index contributed by atoms with van der Waals surface area (Å²) in [6, 6.07) is 17.1. The molecule has 5 nitrogen and oxygen atoms in total. The number of hydrogen-bond acceptors (Lipinski definition) is 4. The van der Waals surface area contributed by atoms with Crippen LogP contribution in [0.25, 0.3) is 0 Å². The fourth-order valence-electron chi connectivity index (χ4n) is 2.30. The van der Waals surface area contributed by atoms with Gasteiger partial charge in [0, 0.05) is 6.54 Å². The van der Waals surface area contributed by atoms with Crippen molar-refractivity contribution in [1.29, 1.82) is 0 Å². The van der Waals surface area contributed by atoms with Gasteiger partial charge in [0.2, 0.25) is 0 Å². The highest BCUT2D eigenvalue weighted by Gasteiger charge is 2.17. The maximum absolute atomic E-state index is 12.0. The van der Waals surface area contributed by atoms with Crippen LogP contribution in [-0.2, 0) is 20.9 Å². The summed E-state index contributed by atoms with van der Waals surface area (Å²) in [7, 11) is 0. The van der Waals surface area contributed by atoms with Crippen LogP contribution >= 0.6 is 0 Å². The first-order chi connectivity index (χ1) is 12.5. The van der Waals surface area contributed by atoms with Crippen molar-refractivity contribution in [3.8, 4) is 5.75 Å². The summed E-state index contributed by atoms with van der Waals surface area (Å²) in [6.45, 7) is 5.90. The Morgan fingerprint density at radius 3 is 2.23 bits per heavy atom. The minimum absolute atomic E-state index is 0.239. The predicted octanol–water partition coefficient (Wildman–Crippen LogP) is 3.44. The van der Waals surface area contributed by atoms with E-state index in [0.717, 1.165) is 5.56 Å². The zero-order chi connectivity index (χ0) is 18.9. The average Bonchev–Trinajstić information content (AvgIpc) is 2.65. The third kappa shape index (κ3) is 6.24. The van der Waals surface area contributed by atoms with E-state index in [1.54, 1.807) is 0 Å². The Labute approximate surface area is 154 Å². The zero-order valence-electron chi connectivity index (χ0n) is 15.4. The topological polar surface area (TPSA) is 64.6 Å². The molecular formula is C21H25NO4. The quantitative estimate of drug-likeness (QED) is 0.737. The van der Waals surface area contributed by atoms with Crippen molar-refractivity contribution in [1.82, 2.24) is 5.32 Å². The molecule has 1 atom stereocenters. The molecule has 0 spiro atoms. The van der Waals surface area contributed by atoms with E-state index in [2.05, 4.69) is 19.2 Å². The van der Waals surface area contributed by atoms with Gasteiger partial charge in [-0.3, -0.25) is 4.79 Å². The monoisotopic (exact) mass is 355 g/mol. The lowest BCUT2D eigenvalue weighted by atomic mass is 10.0. The number of carbonyl (C=O) groups is 2. The molecule has 2 aromatic carbocycles. The molecule has 0 heterocycles. The maximum atomic E-state index is 12.0. The highest BCUT2D eigenvalue weighted by atomic mass is 16.6. The van der Waals surface area contributed by atoms with E-state index in [9.17, 15) is 9.59 Å². The SMILES string of the molecule is CC(C)c1ccc(OCC(=O)O[C@H](C)C(=O)NCc2ccccc2)cc1. The molecule has 0 unspecified atom stereocenters. The van der Waals surface area contributed by atoms with E-state index in [1.807, 2.05) is 54.6 Å². The maximum Gasteiger partial charge on any atom is 0.344 e. The highest BCUT2D eigenvalue weighted by molar-refractivity contribution is 5.83. The molecule has 0 fully saturated rings. The van der Waals surface area contributed by atoms with Gasteiger partial charge in [-0.2, -0.15) is 0 Å². The minimum atomic E-state index is -0.877. The second kappa shape index (κ2) is 9.61. The number of benzene rings is 2. The standard InChI is InChI=1S/C21H25NO4/c1-15(2)18-9-11-19(12-10-18)25-14-20(23)26-16(3)21(24)22-13-17-7-5-4-6-8-17/h4-12,15-16H,13-14H2,1-3H3,(H,22,24)/t16-/m1/s1. The zero-order valence-corrected chi connectivity index (χ0v) is 15.4. The van der Waals surface area contributed by atoms with Crippen molar-refractivity contribution in [2.75, 3.05) is 6.61 Å².